The van der Waals surface area contributed by atoms with E-state index in [1.807, 2.05) is 24.3 Å². The van der Waals surface area contributed by atoms with Gasteiger partial charge in [-0.1, -0.05) is 12.1 Å². The minimum Gasteiger partial charge on any atom is -0.497 e. The van der Waals surface area contributed by atoms with Crippen molar-refractivity contribution >= 4 is 21.2 Å². The molecule has 8 nitrogen and oxygen atoms in total. The van der Waals surface area contributed by atoms with Crippen molar-refractivity contribution in [2.45, 2.75) is 30.6 Å². The van der Waals surface area contributed by atoms with Gasteiger partial charge in [-0.15, -0.1) is 0 Å². The largest absolute Gasteiger partial charge is 0.497 e. The number of methoxy groups -OCH3 is 1. The molecule has 3 aromatic heterocycles. The predicted octanol–water partition coefficient (Wildman–Crippen LogP) is 3.60. The highest BCUT2D eigenvalue weighted by Crippen LogP contribution is 2.27. The molecule has 0 amide bonds. The number of ether oxygens (including phenoxy) is 1. The van der Waals surface area contributed by atoms with Gasteiger partial charge in [0.2, 0.25) is 10.0 Å². The molecule has 0 aliphatic carbocycles. The first-order valence-electron chi connectivity index (χ1n) is 11.0. The Bertz CT molecular complexity index is 1390. The third-order valence-electron chi connectivity index (χ3n) is 5.90. The van der Waals surface area contributed by atoms with Crippen molar-refractivity contribution in [2.24, 2.45) is 0 Å². The van der Waals surface area contributed by atoms with Crippen LogP contribution < -0.4 is 4.74 Å². The van der Waals surface area contributed by atoms with Crippen LogP contribution in [-0.2, 0) is 22.9 Å². The van der Waals surface area contributed by atoms with Gasteiger partial charge in [0, 0.05) is 49.2 Å². The van der Waals surface area contributed by atoms with Crippen molar-refractivity contribution in [3.05, 3.63) is 66.4 Å². The minimum atomic E-state index is -3.47. The maximum absolute atomic E-state index is 12.9. The molecule has 0 radical (unpaired) electrons. The number of nitrogens with zero attached hydrogens (tertiary/aromatic N) is 4. The van der Waals surface area contributed by atoms with Crippen molar-refractivity contribution in [3.8, 4) is 16.9 Å². The number of pyridine rings is 2. The summed E-state index contributed by atoms with van der Waals surface area (Å²) in [4.78, 5) is 17.1. The number of benzene rings is 1. The van der Waals surface area contributed by atoms with E-state index in [0.29, 0.717) is 30.1 Å². The Labute approximate surface area is 192 Å². The Balaban J connectivity index is 1.37. The molecular formula is C24H25N5O3S. The summed E-state index contributed by atoms with van der Waals surface area (Å²) in [5, 5.41) is 0. The molecule has 0 spiro atoms. The van der Waals surface area contributed by atoms with E-state index < -0.39 is 10.0 Å². The number of rotatable bonds is 7. The average Bonchev–Trinajstić information content (AvgIpc) is 3.53. The number of aryl methyl sites for hydroxylation is 2. The van der Waals surface area contributed by atoms with E-state index in [4.69, 9.17) is 4.74 Å². The number of hydrogen-bond acceptors (Lipinski definition) is 6. The maximum atomic E-state index is 12.9. The lowest BCUT2D eigenvalue weighted by atomic mass is 10.1. The maximum Gasteiger partial charge on any atom is 0.243 e. The Morgan fingerprint density at radius 1 is 1.03 bits per heavy atom. The van der Waals surface area contributed by atoms with Gasteiger partial charge in [-0.25, -0.2) is 18.4 Å². The van der Waals surface area contributed by atoms with Gasteiger partial charge in [0.15, 0.2) is 5.65 Å². The first-order valence-corrected chi connectivity index (χ1v) is 12.4. The van der Waals surface area contributed by atoms with Crippen LogP contribution in [0.2, 0.25) is 0 Å². The number of aromatic nitrogens is 4. The fraction of sp³-hybridized carbons (Fsp3) is 0.292. The Kier molecular flexibility index (Phi) is 5.82. The molecule has 9 heteroatoms. The molecule has 5 rings (SSSR count). The number of sulfonamides is 1. The highest BCUT2D eigenvalue weighted by molar-refractivity contribution is 7.89. The summed E-state index contributed by atoms with van der Waals surface area (Å²) in [5.74, 6) is 1.61. The summed E-state index contributed by atoms with van der Waals surface area (Å²) in [6.07, 6.45) is 6.71. The zero-order valence-electron chi connectivity index (χ0n) is 18.4. The smallest absolute Gasteiger partial charge is 0.243 e. The topological polar surface area (TPSA) is 101 Å². The summed E-state index contributed by atoms with van der Waals surface area (Å²) in [5.41, 5.74) is 4.02. The molecule has 1 fully saturated rings. The molecule has 1 aliphatic heterocycles. The molecule has 1 aromatic carbocycles. The van der Waals surface area contributed by atoms with E-state index in [-0.39, 0.29) is 0 Å². The van der Waals surface area contributed by atoms with Gasteiger partial charge in [-0.05, 0) is 49.1 Å². The third kappa shape index (κ3) is 4.46. The quantitative estimate of drug-likeness (QED) is 0.449. The van der Waals surface area contributed by atoms with E-state index in [0.717, 1.165) is 53.2 Å². The highest BCUT2D eigenvalue weighted by Gasteiger charge is 2.27. The zero-order chi connectivity index (χ0) is 22.8. The van der Waals surface area contributed by atoms with Crippen LogP contribution in [0.3, 0.4) is 0 Å². The zero-order valence-corrected chi connectivity index (χ0v) is 19.2. The average molecular weight is 464 g/mol. The van der Waals surface area contributed by atoms with Crippen LogP contribution in [0.25, 0.3) is 22.3 Å². The van der Waals surface area contributed by atoms with E-state index >= 15 is 0 Å². The molecule has 0 saturated carbocycles. The van der Waals surface area contributed by atoms with Gasteiger partial charge >= 0.3 is 0 Å². The summed E-state index contributed by atoms with van der Waals surface area (Å²) in [7, 11) is -1.83. The molecule has 33 heavy (non-hydrogen) atoms. The SMILES string of the molecule is COc1ccnc(CCc2nc3ncc(-c4cccc(S(=O)(=O)N5CCCC5)c4)cc3[nH]2)c1. The van der Waals surface area contributed by atoms with Gasteiger partial charge in [0.05, 0.1) is 17.5 Å². The third-order valence-corrected chi connectivity index (χ3v) is 7.79. The number of hydrogen-bond donors (Lipinski definition) is 1. The van der Waals surface area contributed by atoms with Crippen LogP contribution >= 0.6 is 0 Å². The summed E-state index contributed by atoms with van der Waals surface area (Å²) < 4.78 is 32.7. The van der Waals surface area contributed by atoms with Crippen LogP contribution in [0.4, 0.5) is 0 Å². The second kappa shape index (κ2) is 8.92. The molecule has 1 saturated heterocycles. The molecule has 4 heterocycles. The first-order chi connectivity index (χ1) is 16.0. The summed E-state index contributed by atoms with van der Waals surface area (Å²) in [6, 6.07) is 12.8. The van der Waals surface area contributed by atoms with Gasteiger partial charge in [0.1, 0.15) is 11.6 Å². The van der Waals surface area contributed by atoms with Crippen molar-refractivity contribution < 1.29 is 13.2 Å². The Morgan fingerprint density at radius 3 is 2.70 bits per heavy atom. The monoisotopic (exact) mass is 463 g/mol. The lowest BCUT2D eigenvalue weighted by molar-refractivity contribution is 0.413. The van der Waals surface area contributed by atoms with E-state index in [2.05, 4.69) is 19.9 Å². The van der Waals surface area contributed by atoms with Crippen LogP contribution in [0.1, 0.15) is 24.4 Å². The fourth-order valence-electron chi connectivity index (χ4n) is 4.11. The lowest BCUT2D eigenvalue weighted by Crippen LogP contribution is -2.27. The van der Waals surface area contributed by atoms with Gasteiger partial charge in [-0.2, -0.15) is 4.31 Å². The predicted molar refractivity (Wildman–Crippen MR) is 126 cm³/mol. The normalized spacial score (nSPS) is 14.7. The second-order valence-corrected chi connectivity index (χ2v) is 10.0. The first kappa shape index (κ1) is 21.5. The summed E-state index contributed by atoms with van der Waals surface area (Å²) in [6.45, 7) is 1.17. The standard InChI is InChI=1S/C24H25N5O3S/c1-32-20-9-10-25-19(15-20)7-8-23-27-22-14-18(16-26-24(22)28-23)17-5-4-6-21(13-17)33(30,31)29-11-2-3-12-29/h4-6,9-10,13-16H,2-3,7-8,11-12H2,1H3,(H,26,27,28). The van der Waals surface area contributed by atoms with Crippen molar-refractivity contribution in [3.63, 3.8) is 0 Å². The van der Waals surface area contributed by atoms with Gasteiger partial charge in [-0.3, -0.25) is 4.98 Å². The Morgan fingerprint density at radius 2 is 1.88 bits per heavy atom. The van der Waals surface area contributed by atoms with Crippen molar-refractivity contribution in [1.82, 2.24) is 24.2 Å². The van der Waals surface area contributed by atoms with E-state index in [1.54, 1.807) is 42.0 Å². The van der Waals surface area contributed by atoms with Gasteiger partial charge < -0.3 is 9.72 Å². The van der Waals surface area contributed by atoms with Crippen LogP contribution in [0.5, 0.6) is 5.75 Å². The Hall–Kier alpha value is -3.30. The lowest BCUT2D eigenvalue weighted by Gasteiger charge is -2.16. The molecule has 170 valence electrons. The number of aromatic amines is 1. The van der Waals surface area contributed by atoms with Crippen LogP contribution in [0.15, 0.2) is 59.8 Å². The molecule has 0 atom stereocenters. The fourth-order valence-corrected chi connectivity index (χ4v) is 5.67. The van der Waals surface area contributed by atoms with Crippen molar-refractivity contribution in [2.75, 3.05) is 20.2 Å². The summed E-state index contributed by atoms with van der Waals surface area (Å²) >= 11 is 0. The van der Waals surface area contributed by atoms with Gasteiger partial charge in [0.25, 0.3) is 0 Å². The number of H-pyrrole nitrogens is 1. The highest BCUT2D eigenvalue weighted by atomic mass is 32.2. The van der Waals surface area contributed by atoms with Crippen LogP contribution in [0, 0.1) is 0 Å². The molecule has 0 unspecified atom stereocenters. The number of fused-ring (bicyclic) bond motifs is 1. The number of nitrogens with one attached hydrogen (secondary N) is 1. The van der Waals surface area contributed by atoms with Crippen LogP contribution in [-0.4, -0.2) is 52.9 Å². The van der Waals surface area contributed by atoms with Crippen molar-refractivity contribution in [1.29, 1.82) is 0 Å². The molecule has 4 aromatic rings. The molecular weight excluding hydrogens is 438 g/mol. The van der Waals surface area contributed by atoms with E-state index in [9.17, 15) is 8.42 Å². The number of imidazole rings is 1. The van der Waals surface area contributed by atoms with E-state index in [1.165, 1.54) is 0 Å². The second-order valence-electron chi connectivity index (χ2n) is 8.10. The molecule has 1 N–H and O–H groups in total. The minimum absolute atomic E-state index is 0.318. The molecule has 0 bridgehead atoms. The molecule has 1 aliphatic rings.